The standard InChI is InChI=1S/C19H12ClN5O2/c1-25-5-3-14(24-25)17-11(8-12-15(26)2-4-21-19(12)23-17)10-6-13(20)18-16(7-10)27-9-22-18/h2-9H,1H3,(H,21,23,26). The molecule has 1 aromatic carbocycles. The van der Waals surface area contributed by atoms with Gasteiger partial charge in [-0.05, 0) is 29.8 Å². The van der Waals surface area contributed by atoms with Crippen LogP contribution in [-0.4, -0.2) is 24.7 Å². The van der Waals surface area contributed by atoms with E-state index in [-0.39, 0.29) is 5.43 Å². The van der Waals surface area contributed by atoms with Crippen molar-refractivity contribution in [3.63, 3.8) is 0 Å². The molecular formula is C19H12ClN5O2. The monoisotopic (exact) mass is 377 g/mol. The molecule has 8 heteroatoms. The number of aryl methyl sites for hydroxylation is 1. The molecule has 5 aromatic rings. The molecule has 0 radical (unpaired) electrons. The molecule has 0 unspecified atom stereocenters. The summed E-state index contributed by atoms with van der Waals surface area (Å²) >= 11 is 6.37. The van der Waals surface area contributed by atoms with Crippen LogP contribution < -0.4 is 5.43 Å². The lowest BCUT2D eigenvalue weighted by Gasteiger charge is -2.10. The van der Waals surface area contributed by atoms with Gasteiger partial charge in [0.05, 0.1) is 10.4 Å². The Balaban J connectivity index is 1.88. The van der Waals surface area contributed by atoms with Gasteiger partial charge in [0.15, 0.2) is 17.4 Å². The number of oxazole rings is 1. The molecule has 1 N–H and O–H groups in total. The van der Waals surface area contributed by atoms with E-state index in [0.29, 0.717) is 38.5 Å². The smallest absolute Gasteiger partial charge is 0.191 e. The van der Waals surface area contributed by atoms with Gasteiger partial charge in [-0.15, -0.1) is 0 Å². The Bertz CT molecular complexity index is 1380. The number of aromatic amines is 1. The van der Waals surface area contributed by atoms with Crippen molar-refractivity contribution in [2.24, 2.45) is 7.05 Å². The highest BCUT2D eigenvalue weighted by Crippen LogP contribution is 2.35. The summed E-state index contributed by atoms with van der Waals surface area (Å²) in [6.07, 6.45) is 4.77. The Morgan fingerprint density at radius 1 is 1.22 bits per heavy atom. The summed E-state index contributed by atoms with van der Waals surface area (Å²) in [4.78, 5) is 24.1. The third-order valence-corrected chi connectivity index (χ3v) is 4.69. The van der Waals surface area contributed by atoms with E-state index in [1.807, 2.05) is 25.4 Å². The lowest BCUT2D eigenvalue weighted by atomic mass is 10.0. The zero-order valence-electron chi connectivity index (χ0n) is 14.1. The second-order valence-corrected chi connectivity index (χ2v) is 6.56. The normalized spacial score (nSPS) is 11.5. The van der Waals surface area contributed by atoms with E-state index in [2.05, 4.69) is 20.1 Å². The second kappa shape index (κ2) is 5.78. The average Bonchev–Trinajstić information content (AvgIpc) is 3.30. The van der Waals surface area contributed by atoms with Crippen molar-refractivity contribution in [3.05, 3.63) is 64.4 Å². The zero-order chi connectivity index (χ0) is 18.5. The maximum Gasteiger partial charge on any atom is 0.191 e. The number of nitrogens with one attached hydrogen (secondary N) is 1. The molecule has 132 valence electrons. The van der Waals surface area contributed by atoms with Crippen molar-refractivity contribution in [3.8, 4) is 22.5 Å². The first-order chi connectivity index (χ1) is 13.1. The number of hydrogen-bond acceptors (Lipinski definition) is 5. The summed E-state index contributed by atoms with van der Waals surface area (Å²) in [7, 11) is 1.84. The largest absolute Gasteiger partial charge is 0.443 e. The Labute approximate surface area is 157 Å². The minimum Gasteiger partial charge on any atom is -0.443 e. The topological polar surface area (TPSA) is 89.6 Å². The van der Waals surface area contributed by atoms with Gasteiger partial charge in [-0.1, -0.05) is 11.6 Å². The van der Waals surface area contributed by atoms with Crippen LogP contribution in [0.25, 0.3) is 44.6 Å². The fourth-order valence-electron chi connectivity index (χ4n) is 3.13. The summed E-state index contributed by atoms with van der Waals surface area (Å²) in [6, 6.07) is 8.77. The molecule has 5 rings (SSSR count). The van der Waals surface area contributed by atoms with Gasteiger partial charge in [0, 0.05) is 31.1 Å². The highest BCUT2D eigenvalue weighted by molar-refractivity contribution is 6.35. The zero-order valence-corrected chi connectivity index (χ0v) is 14.9. The van der Waals surface area contributed by atoms with Gasteiger partial charge in [-0.2, -0.15) is 5.10 Å². The number of fused-ring (bicyclic) bond motifs is 2. The second-order valence-electron chi connectivity index (χ2n) is 6.15. The average molecular weight is 378 g/mol. The molecule has 0 aliphatic heterocycles. The SMILES string of the molecule is Cn1ccc(-c2nc3[nH]ccc(=O)c3cc2-c2cc(Cl)c3ncoc3c2)n1. The maximum absolute atomic E-state index is 12.3. The van der Waals surface area contributed by atoms with E-state index in [1.54, 1.807) is 23.0 Å². The van der Waals surface area contributed by atoms with Crippen LogP contribution in [0.15, 0.2) is 58.3 Å². The van der Waals surface area contributed by atoms with Crippen LogP contribution in [0, 0.1) is 0 Å². The maximum atomic E-state index is 12.3. The number of hydrogen-bond donors (Lipinski definition) is 1. The van der Waals surface area contributed by atoms with Gasteiger partial charge < -0.3 is 9.40 Å². The number of benzene rings is 1. The third-order valence-electron chi connectivity index (χ3n) is 4.40. The number of rotatable bonds is 2. The molecule has 0 atom stereocenters. The first-order valence-corrected chi connectivity index (χ1v) is 8.53. The molecule has 0 fully saturated rings. The molecule has 0 amide bonds. The lowest BCUT2D eigenvalue weighted by molar-refractivity contribution is 0.602. The number of aromatic nitrogens is 5. The lowest BCUT2D eigenvalue weighted by Crippen LogP contribution is -2.03. The highest BCUT2D eigenvalue weighted by atomic mass is 35.5. The first-order valence-electron chi connectivity index (χ1n) is 8.16. The van der Waals surface area contributed by atoms with E-state index < -0.39 is 0 Å². The fraction of sp³-hybridized carbons (Fsp3) is 0.0526. The number of nitrogens with zero attached hydrogens (tertiary/aromatic N) is 4. The van der Waals surface area contributed by atoms with E-state index in [1.165, 1.54) is 12.5 Å². The third kappa shape index (κ3) is 2.51. The van der Waals surface area contributed by atoms with Gasteiger partial charge >= 0.3 is 0 Å². The molecule has 0 aliphatic carbocycles. The molecule has 7 nitrogen and oxygen atoms in total. The minimum atomic E-state index is -0.114. The molecule has 0 saturated heterocycles. The van der Waals surface area contributed by atoms with E-state index in [0.717, 1.165) is 11.1 Å². The Morgan fingerprint density at radius 2 is 2.11 bits per heavy atom. The molecule has 27 heavy (non-hydrogen) atoms. The van der Waals surface area contributed by atoms with Crippen molar-refractivity contribution in [2.75, 3.05) is 0 Å². The van der Waals surface area contributed by atoms with Crippen LogP contribution >= 0.6 is 11.6 Å². The molecule has 0 bridgehead atoms. The Hall–Kier alpha value is -3.45. The van der Waals surface area contributed by atoms with Gasteiger partial charge in [0.1, 0.15) is 22.6 Å². The first kappa shape index (κ1) is 15.8. The van der Waals surface area contributed by atoms with Crippen molar-refractivity contribution in [1.29, 1.82) is 0 Å². The Kier molecular flexibility index (Phi) is 3.38. The summed E-state index contributed by atoms with van der Waals surface area (Å²) in [5.41, 5.74) is 4.36. The summed E-state index contributed by atoms with van der Waals surface area (Å²) in [6.45, 7) is 0. The van der Waals surface area contributed by atoms with Crippen LogP contribution in [0.5, 0.6) is 0 Å². The van der Waals surface area contributed by atoms with Crippen LogP contribution in [0.3, 0.4) is 0 Å². The highest BCUT2D eigenvalue weighted by Gasteiger charge is 2.17. The van der Waals surface area contributed by atoms with Gasteiger partial charge in [0.25, 0.3) is 0 Å². The van der Waals surface area contributed by atoms with Crippen molar-refractivity contribution >= 4 is 33.7 Å². The fourth-order valence-corrected chi connectivity index (χ4v) is 3.39. The van der Waals surface area contributed by atoms with E-state index >= 15 is 0 Å². The summed E-state index contributed by atoms with van der Waals surface area (Å²) in [5.74, 6) is 0. The van der Waals surface area contributed by atoms with Crippen molar-refractivity contribution < 1.29 is 4.42 Å². The molecule has 4 aromatic heterocycles. The van der Waals surface area contributed by atoms with E-state index in [4.69, 9.17) is 16.0 Å². The van der Waals surface area contributed by atoms with Gasteiger partial charge in [0.2, 0.25) is 0 Å². The van der Waals surface area contributed by atoms with Gasteiger partial charge in [-0.25, -0.2) is 9.97 Å². The molecule has 0 saturated carbocycles. The molecule has 0 aliphatic rings. The number of halogens is 1. The molecule has 0 spiro atoms. The molecule has 4 heterocycles. The van der Waals surface area contributed by atoms with Crippen LogP contribution in [0.2, 0.25) is 5.02 Å². The molecular weight excluding hydrogens is 366 g/mol. The summed E-state index contributed by atoms with van der Waals surface area (Å²) < 4.78 is 7.12. The van der Waals surface area contributed by atoms with Gasteiger partial charge in [-0.3, -0.25) is 9.48 Å². The number of H-pyrrole nitrogens is 1. The van der Waals surface area contributed by atoms with Crippen LogP contribution in [-0.2, 0) is 7.05 Å². The number of pyridine rings is 2. The van der Waals surface area contributed by atoms with Crippen molar-refractivity contribution in [2.45, 2.75) is 0 Å². The predicted molar refractivity (Wildman–Crippen MR) is 103 cm³/mol. The summed E-state index contributed by atoms with van der Waals surface area (Å²) in [5, 5.41) is 5.41. The predicted octanol–water partition coefficient (Wildman–Crippen LogP) is 3.79. The van der Waals surface area contributed by atoms with E-state index in [9.17, 15) is 4.79 Å². The van der Waals surface area contributed by atoms with Crippen LogP contribution in [0.4, 0.5) is 0 Å². The minimum absolute atomic E-state index is 0.114. The quantitative estimate of drug-likeness (QED) is 0.505. The van der Waals surface area contributed by atoms with Crippen LogP contribution in [0.1, 0.15) is 0 Å². The Morgan fingerprint density at radius 3 is 2.93 bits per heavy atom. The van der Waals surface area contributed by atoms with Crippen molar-refractivity contribution in [1.82, 2.24) is 24.7 Å².